The fourth-order valence-electron chi connectivity index (χ4n) is 11.1. The molecule has 6 amide bonds. The van der Waals surface area contributed by atoms with Gasteiger partial charge in [-0.15, -0.1) is 0 Å². The monoisotopic (exact) mass is 1230 g/mol. The molecule has 480 valence electrons. The third-order valence-corrected chi connectivity index (χ3v) is 16.5. The number of esters is 1. The van der Waals surface area contributed by atoms with Crippen LogP contribution in [0, 0.1) is 24.6 Å². The van der Waals surface area contributed by atoms with Gasteiger partial charge in [-0.05, 0) is 137 Å². The molecule has 7 rings (SSSR count). The van der Waals surface area contributed by atoms with Gasteiger partial charge in [-0.1, -0.05) is 46.8 Å². The molecule has 0 bridgehead atoms. The van der Waals surface area contributed by atoms with E-state index in [-0.39, 0.29) is 80.7 Å². The highest BCUT2D eigenvalue weighted by Gasteiger charge is 2.46. The maximum absolute atomic E-state index is 15.4. The fourth-order valence-corrected chi connectivity index (χ4v) is 11.1. The SMILES string of the molecule is CC[C@@]1(O)C(=O)OCc2c1cc1n(c2=O)Cc2c-1nc1cc(F)c(C)c3c1c2[C@@H](NC(=O)OCc1ccc(NC(=O)CN(C)C(=O)CNC(=O)[C@@H](CCCCN)NC(=O)[C@H](NC(=O)CCC(C)OCCOC(C)CCOCCC(C)C)C(C)C)cc1)CC3. The summed E-state index contributed by atoms with van der Waals surface area (Å²) in [4.78, 5) is 113. The molecule has 0 saturated carbocycles. The van der Waals surface area contributed by atoms with Crippen LogP contribution in [0.25, 0.3) is 22.3 Å². The van der Waals surface area contributed by atoms with Gasteiger partial charge in [0, 0.05) is 54.9 Å². The minimum absolute atomic E-state index is 0.0231. The number of aromatic nitrogens is 2. The highest BCUT2D eigenvalue weighted by molar-refractivity contribution is 5.97. The van der Waals surface area contributed by atoms with E-state index in [0.717, 1.165) is 29.9 Å². The van der Waals surface area contributed by atoms with Crippen molar-refractivity contribution in [3.05, 3.63) is 91.5 Å². The van der Waals surface area contributed by atoms with Crippen molar-refractivity contribution >= 4 is 58.2 Å². The number of likely N-dealkylation sites (N-methyl/N-ethyl adjacent to an activating group) is 1. The van der Waals surface area contributed by atoms with Crippen LogP contribution in [-0.2, 0) is 84.2 Å². The molecule has 1 aliphatic carbocycles. The zero-order valence-electron chi connectivity index (χ0n) is 52.2. The lowest BCUT2D eigenvalue weighted by Crippen LogP contribution is -2.56. The predicted molar refractivity (Wildman–Crippen MR) is 326 cm³/mol. The van der Waals surface area contributed by atoms with Gasteiger partial charge in [-0.2, -0.15) is 0 Å². The molecule has 2 aromatic heterocycles. The second-order valence-electron chi connectivity index (χ2n) is 24.0. The Morgan fingerprint density at radius 2 is 1.59 bits per heavy atom. The van der Waals surface area contributed by atoms with Crippen LogP contribution in [0.5, 0.6) is 0 Å². The average Bonchev–Trinajstić information content (AvgIpc) is 1.53. The Morgan fingerprint density at radius 3 is 2.27 bits per heavy atom. The number of carbonyl (C=O) groups excluding carboxylic acids is 7. The number of halogens is 1. The number of aliphatic hydroxyl groups is 1. The summed E-state index contributed by atoms with van der Waals surface area (Å²) in [5.74, 6) is -3.67. The number of benzene rings is 2. The van der Waals surface area contributed by atoms with Crippen LogP contribution < -0.4 is 37.9 Å². The number of anilines is 1. The Labute approximate surface area is 513 Å². The number of pyridine rings is 2. The molecule has 2 unspecified atom stereocenters. The van der Waals surface area contributed by atoms with Crippen molar-refractivity contribution in [2.75, 3.05) is 58.4 Å². The topological polar surface area (TPSA) is 310 Å². The van der Waals surface area contributed by atoms with Crippen molar-refractivity contribution in [2.24, 2.45) is 17.6 Å². The Balaban J connectivity index is 0.860. The molecule has 3 aliphatic rings. The molecule has 23 nitrogen and oxygen atoms in total. The summed E-state index contributed by atoms with van der Waals surface area (Å²) in [5, 5.41) is 26.0. The first-order valence-corrected chi connectivity index (χ1v) is 30.7. The number of ether oxygens (including phenoxy) is 5. The second kappa shape index (κ2) is 31.2. The van der Waals surface area contributed by atoms with Crippen molar-refractivity contribution in [1.82, 2.24) is 35.7 Å². The second-order valence-corrected chi connectivity index (χ2v) is 24.0. The van der Waals surface area contributed by atoms with Gasteiger partial charge in [-0.25, -0.2) is 19.0 Å². The molecule has 24 heteroatoms. The van der Waals surface area contributed by atoms with E-state index in [1.807, 2.05) is 13.8 Å². The van der Waals surface area contributed by atoms with E-state index in [1.165, 1.54) is 17.7 Å². The number of cyclic esters (lactones) is 1. The summed E-state index contributed by atoms with van der Waals surface area (Å²) in [6.45, 7) is 16.3. The van der Waals surface area contributed by atoms with E-state index in [0.29, 0.717) is 115 Å². The maximum atomic E-state index is 15.4. The minimum atomic E-state index is -2.04. The standard InChI is InChI=1S/C64H88FN9O14/c1-10-64(83)46-29-51-58-44(32-74(51)61(80)45(46)35-87-62(64)81)56-48(20-19-43-40(8)47(65)30-50(69-58)55(43)56)71-63(82)88-34-41-15-17-42(18-16-41)68-53(76)33-73(9)54(77)31-67-59(78)49(13-11-12-24-66)70-60(79)57(37(4)5)72-52(75)21-14-38(6)85-27-28-86-39(7)23-26-84-25-22-36(2)3/h15-18,29-30,36-39,48-49,57,83H,10-14,19-28,31-35,66H2,1-9H3,(H,67,78)(H,68,76)(H,70,79)(H,71,82)(H,72,75)/t38?,39?,48-,49+,57+,64-/m0/s1. The van der Waals surface area contributed by atoms with Crippen molar-refractivity contribution in [2.45, 2.75) is 175 Å². The van der Waals surface area contributed by atoms with Crippen LogP contribution in [0.1, 0.15) is 151 Å². The van der Waals surface area contributed by atoms with Gasteiger partial charge in [-0.3, -0.25) is 28.8 Å². The zero-order chi connectivity index (χ0) is 64.0. The first kappa shape index (κ1) is 68.1. The number of alkyl carbamates (subject to hydrolysis) is 1. The number of aryl methyl sites for hydroxylation is 1. The molecule has 6 atom stereocenters. The maximum Gasteiger partial charge on any atom is 0.407 e. The summed E-state index contributed by atoms with van der Waals surface area (Å²) < 4.78 is 45.2. The Kier molecular flexibility index (Phi) is 24.1. The van der Waals surface area contributed by atoms with E-state index in [4.69, 9.17) is 34.4 Å². The molecule has 2 aliphatic heterocycles. The molecule has 0 saturated heterocycles. The molecule has 88 heavy (non-hydrogen) atoms. The van der Waals surface area contributed by atoms with E-state index >= 15 is 4.39 Å². The van der Waals surface area contributed by atoms with Crippen LogP contribution in [0.3, 0.4) is 0 Å². The van der Waals surface area contributed by atoms with E-state index in [2.05, 4.69) is 40.4 Å². The van der Waals surface area contributed by atoms with Crippen LogP contribution >= 0.6 is 0 Å². The molecule has 0 radical (unpaired) electrons. The van der Waals surface area contributed by atoms with Crippen LogP contribution in [0.15, 0.2) is 41.2 Å². The smallest absolute Gasteiger partial charge is 0.407 e. The number of hydrogen-bond acceptors (Lipinski definition) is 16. The van der Waals surface area contributed by atoms with Gasteiger partial charge in [0.15, 0.2) is 5.60 Å². The first-order valence-electron chi connectivity index (χ1n) is 30.7. The predicted octanol–water partition coefficient (Wildman–Crippen LogP) is 5.75. The number of fused-ring (bicyclic) bond motifs is 5. The highest BCUT2D eigenvalue weighted by atomic mass is 19.1. The molecule has 4 aromatic rings. The number of rotatable bonds is 32. The molecule has 4 heterocycles. The van der Waals surface area contributed by atoms with Crippen molar-refractivity contribution in [3.63, 3.8) is 0 Å². The first-order chi connectivity index (χ1) is 41.9. The number of carbonyl (C=O) groups is 7. The van der Waals surface area contributed by atoms with Gasteiger partial charge < -0.3 is 70.6 Å². The Bertz CT molecular complexity index is 3250. The Hall–Kier alpha value is -7.38. The number of hydrogen-bond donors (Lipinski definition) is 7. The van der Waals surface area contributed by atoms with Crippen LogP contribution in [0.4, 0.5) is 14.9 Å². The third kappa shape index (κ3) is 17.1. The fraction of sp³-hybridized carbons (Fsp3) is 0.578. The van der Waals surface area contributed by atoms with Crippen molar-refractivity contribution < 1.29 is 66.7 Å². The van der Waals surface area contributed by atoms with Crippen LogP contribution in [0.2, 0.25) is 0 Å². The van der Waals surface area contributed by atoms with E-state index in [1.54, 1.807) is 58.0 Å². The average molecular weight is 1230 g/mol. The number of nitrogens with zero attached hydrogens (tertiary/aromatic N) is 3. The molecule has 8 N–H and O–H groups in total. The number of nitrogens with one attached hydrogen (secondary N) is 5. The largest absolute Gasteiger partial charge is 0.458 e. The van der Waals surface area contributed by atoms with Gasteiger partial charge in [0.05, 0.1) is 73.6 Å². The lowest BCUT2D eigenvalue weighted by molar-refractivity contribution is -0.172. The molecule has 2 aromatic carbocycles. The molecular weight excluding hydrogens is 1140 g/mol. The van der Waals surface area contributed by atoms with Gasteiger partial charge in [0.25, 0.3) is 5.56 Å². The van der Waals surface area contributed by atoms with Crippen molar-refractivity contribution in [3.8, 4) is 11.4 Å². The lowest BCUT2D eigenvalue weighted by atomic mass is 9.81. The number of nitrogens with two attached hydrogens (primary N) is 1. The van der Waals surface area contributed by atoms with Gasteiger partial charge in [0.2, 0.25) is 29.5 Å². The van der Waals surface area contributed by atoms with E-state index in [9.17, 15) is 43.5 Å². The quantitative estimate of drug-likeness (QED) is 0.0199. The van der Waals surface area contributed by atoms with Gasteiger partial charge >= 0.3 is 12.1 Å². The summed E-state index contributed by atoms with van der Waals surface area (Å²) in [7, 11) is 1.41. The van der Waals surface area contributed by atoms with E-state index < -0.39 is 77.3 Å². The molecular formula is C64H88FN9O14. The van der Waals surface area contributed by atoms with Crippen LogP contribution in [-0.4, -0.2) is 139 Å². The molecule has 0 fully saturated rings. The summed E-state index contributed by atoms with van der Waals surface area (Å²) in [6, 6.07) is 6.80. The van der Waals surface area contributed by atoms with Gasteiger partial charge in [0.1, 0.15) is 31.1 Å². The number of unbranched alkanes of at least 4 members (excludes halogenated alkanes) is 1. The summed E-state index contributed by atoms with van der Waals surface area (Å²) in [6.07, 6.45) is 3.43. The summed E-state index contributed by atoms with van der Waals surface area (Å²) >= 11 is 0. The Morgan fingerprint density at radius 1 is 0.886 bits per heavy atom. The normalized spacial score (nSPS) is 17.0. The lowest BCUT2D eigenvalue weighted by Gasteiger charge is -2.31. The summed E-state index contributed by atoms with van der Waals surface area (Å²) in [5.41, 5.74) is 8.05. The highest BCUT2D eigenvalue weighted by Crippen LogP contribution is 2.46. The number of amides is 6. The van der Waals surface area contributed by atoms with Crippen molar-refractivity contribution in [1.29, 1.82) is 0 Å². The minimum Gasteiger partial charge on any atom is -0.458 e. The third-order valence-electron chi connectivity index (χ3n) is 16.5. The molecule has 0 spiro atoms. The zero-order valence-corrected chi connectivity index (χ0v) is 52.2.